The maximum Gasteiger partial charge on any atom is 0.236 e. The van der Waals surface area contributed by atoms with Crippen LogP contribution < -0.4 is 25.0 Å². The fourth-order valence-electron chi connectivity index (χ4n) is 4.76. The van der Waals surface area contributed by atoms with Crippen LogP contribution in [0.5, 0.6) is 11.5 Å². The Kier molecular flexibility index (Phi) is 5.83. The molecule has 0 saturated carbocycles. The average Bonchev–Trinajstić information content (AvgIpc) is 2.81. The van der Waals surface area contributed by atoms with Crippen molar-refractivity contribution in [1.29, 1.82) is 0 Å². The van der Waals surface area contributed by atoms with Crippen LogP contribution in [0.25, 0.3) is 0 Å². The third-order valence-corrected chi connectivity index (χ3v) is 6.75. The molecule has 5 rings (SSSR count). The Bertz CT molecular complexity index is 1240. The number of ether oxygens (including phenoxy) is 2. The standard InChI is InChI=1S/C26H24ClN3O3S/c1-3-32-20-11-7-10-19-22-21(24(31)28-17-14-12-16(27)13-15-17)26(2,33-23(19)20)30(25(34)29-22)18-8-5-4-6-9-18/h4-15,21-22H,3H2,1-2H3,(H,28,31)(H,29,34)/t21-,22+,26-/m0/s1. The van der Waals surface area contributed by atoms with Crippen LogP contribution in [-0.4, -0.2) is 23.4 Å². The molecular formula is C26H24ClN3O3S. The van der Waals surface area contributed by atoms with Crippen molar-refractivity contribution in [3.8, 4) is 11.5 Å². The van der Waals surface area contributed by atoms with E-state index in [-0.39, 0.29) is 5.91 Å². The molecule has 0 unspecified atom stereocenters. The number of nitrogens with zero attached hydrogens (tertiary/aromatic N) is 1. The lowest BCUT2D eigenvalue weighted by Crippen LogP contribution is -2.72. The van der Waals surface area contributed by atoms with E-state index in [1.54, 1.807) is 24.3 Å². The number of hydrogen-bond acceptors (Lipinski definition) is 4. The zero-order valence-electron chi connectivity index (χ0n) is 18.7. The lowest BCUT2D eigenvalue weighted by molar-refractivity contribution is -0.130. The first-order chi connectivity index (χ1) is 16.4. The van der Waals surface area contributed by atoms with Gasteiger partial charge in [-0.05, 0) is 68.5 Å². The third kappa shape index (κ3) is 3.75. The Morgan fingerprint density at radius 1 is 1.15 bits per heavy atom. The van der Waals surface area contributed by atoms with Crippen LogP contribution in [0.15, 0.2) is 72.8 Å². The highest BCUT2D eigenvalue weighted by Crippen LogP contribution is 2.52. The summed E-state index contributed by atoms with van der Waals surface area (Å²) in [5.41, 5.74) is 1.18. The van der Waals surface area contributed by atoms with E-state index in [2.05, 4.69) is 10.6 Å². The number of carbonyl (C=O) groups is 1. The predicted molar refractivity (Wildman–Crippen MR) is 138 cm³/mol. The Labute approximate surface area is 208 Å². The van der Waals surface area contributed by atoms with Crippen LogP contribution in [0.4, 0.5) is 11.4 Å². The van der Waals surface area contributed by atoms with Crippen LogP contribution in [0, 0.1) is 5.92 Å². The quantitative estimate of drug-likeness (QED) is 0.455. The molecule has 0 radical (unpaired) electrons. The maximum atomic E-state index is 13.8. The van der Waals surface area contributed by atoms with Crippen molar-refractivity contribution in [2.24, 2.45) is 5.92 Å². The second-order valence-electron chi connectivity index (χ2n) is 8.34. The molecule has 6 nitrogen and oxygen atoms in total. The summed E-state index contributed by atoms with van der Waals surface area (Å²) in [5.74, 6) is 0.413. The Morgan fingerprint density at radius 2 is 1.88 bits per heavy atom. The fourth-order valence-corrected chi connectivity index (χ4v) is 5.30. The number of anilines is 2. The molecule has 2 N–H and O–H groups in total. The molecule has 2 aliphatic rings. The number of nitrogens with one attached hydrogen (secondary N) is 2. The van der Waals surface area contributed by atoms with Crippen molar-refractivity contribution in [2.45, 2.75) is 25.6 Å². The van der Waals surface area contributed by atoms with E-state index in [1.165, 1.54) is 0 Å². The van der Waals surface area contributed by atoms with Gasteiger partial charge in [0.25, 0.3) is 0 Å². The summed E-state index contributed by atoms with van der Waals surface area (Å²) in [5, 5.41) is 7.53. The topological polar surface area (TPSA) is 62.8 Å². The van der Waals surface area contributed by atoms with Crippen molar-refractivity contribution < 1.29 is 14.3 Å². The molecule has 3 atom stereocenters. The molecule has 1 fully saturated rings. The highest BCUT2D eigenvalue weighted by atomic mass is 35.5. The van der Waals surface area contributed by atoms with Gasteiger partial charge in [0.05, 0.1) is 12.6 Å². The predicted octanol–water partition coefficient (Wildman–Crippen LogP) is 5.54. The van der Waals surface area contributed by atoms with Gasteiger partial charge in [-0.15, -0.1) is 0 Å². The van der Waals surface area contributed by atoms with E-state index in [0.717, 1.165) is 11.3 Å². The fraction of sp³-hybridized carbons (Fsp3) is 0.231. The average molecular weight is 494 g/mol. The number of thiocarbonyl (C=S) groups is 1. The van der Waals surface area contributed by atoms with Gasteiger partial charge in [0.2, 0.25) is 5.91 Å². The van der Waals surface area contributed by atoms with Gasteiger partial charge in [-0.1, -0.05) is 41.9 Å². The van der Waals surface area contributed by atoms with Gasteiger partial charge in [0.1, 0.15) is 5.92 Å². The summed E-state index contributed by atoms with van der Waals surface area (Å²) in [6, 6.07) is 22.0. The molecule has 1 saturated heterocycles. The second-order valence-corrected chi connectivity index (χ2v) is 9.16. The molecule has 3 aromatic carbocycles. The smallest absolute Gasteiger partial charge is 0.236 e. The number of halogens is 1. The number of amides is 1. The van der Waals surface area contributed by atoms with E-state index < -0.39 is 17.7 Å². The van der Waals surface area contributed by atoms with E-state index >= 15 is 0 Å². The van der Waals surface area contributed by atoms with E-state index in [1.807, 2.05) is 67.3 Å². The number of hydrogen-bond donors (Lipinski definition) is 2. The molecule has 2 bridgehead atoms. The van der Waals surface area contributed by atoms with Crippen molar-refractivity contribution >= 4 is 46.2 Å². The Balaban J connectivity index is 1.63. The minimum Gasteiger partial charge on any atom is -0.490 e. The summed E-state index contributed by atoms with van der Waals surface area (Å²) in [4.78, 5) is 15.7. The first-order valence-corrected chi connectivity index (χ1v) is 11.9. The zero-order valence-corrected chi connectivity index (χ0v) is 20.3. The van der Waals surface area contributed by atoms with E-state index in [0.29, 0.717) is 33.9 Å². The normalized spacial score (nSPS) is 22.8. The first-order valence-electron chi connectivity index (χ1n) is 11.1. The van der Waals surface area contributed by atoms with Crippen molar-refractivity contribution in [2.75, 3.05) is 16.8 Å². The van der Waals surface area contributed by atoms with Gasteiger partial charge in [-0.2, -0.15) is 0 Å². The molecular weight excluding hydrogens is 470 g/mol. The number of carbonyl (C=O) groups excluding carboxylic acids is 1. The van der Waals surface area contributed by atoms with Crippen molar-refractivity contribution in [3.05, 3.63) is 83.4 Å². The monoisotopic (exact) mass is 493 g/mol. The minimum absolute atomic E-state index is 0.196. The van der Waals surface area contributed by atoms with Crippen molar-refractivity contribution in [1.82, 2.24) is 5.32 Å². The number of benzene rings is 3. The summed E-state index contributed by atoms with van der Waals surface area (Å²) in [6.45, 7) is 4.32. The summed E-state index contributed by atoms with van der Waals surface area (Å²) in [7, 11) is 0. The van der Waals surface area contributed by atoms with Gasteiger partial charge in [-0.3, -0.25) is 9.69 Å². The molecule has 8 heteroatoms. The Morgan fingerprint density at radius 3 is 2.59 bits per heavy atom. The number of para-hydroxylation sites is 2. The molecule has 2 aliphatic heterocycles. The van der Waals surface area contributed by atoms with Gasteiger partial charge in [-0.25, -0.2) is 0 Å². The summed E-state index contributed by atoms with van der Waals surface area (Å²) >= 11 is 11.8. The van der Waals surface area contributed by atoms with E-state index in [4.69, 9.17) is 33.3 Å². The van der Waals surface area contributed by atoms with E-state index in [9.17, 15) is 4.79 Å². The van der Waals surface area contributed by atoms with Gasteiger partial charge in [0.15, 0.2) is 22.3 Å². The van der Waals surface area contributed by atoms with Crippen LogP contribution in [0.2, 0.25) is 5.02 Å². The largest absolute Gasteiger partial charge is 0.490 e. The van der Waals surface area contributed by atoms with Crippen molar-refractivity contribution in [3.63, 3.8) is 0 Å². The SMILES string of the molecule is CCOc1cccc2c1O[C@@]1(C)[C@H](C(=O)Nc3ccc(Cl)cc3)[C@@H]2NC(=S)N1c1ccccc1. The molecule has 0 spiro atoms. The number of fused-ring (bicyclic) bond motifs is 4. The molecule has 34 heavy (non-hydrogen) atoms. The summed E-state index contributed by atoms with van der Waals surface area (Å²) in [6.07, 6.45) is 0. The molecule has 1 amide bonds. The Hall–Kier alpha value is -3.29. The zero-order chi connectivity index (χ0) is 23.9. The number of rotatable bonds is 5. The van der Waals surface area contributed by atoms with Crippen LogP contribution in [0.1, 0.15) is 25.5 Å². The van der Waals surface area contributed by atoms with Crippen LogP contribution in [0.3, 0.4) is 0 Å². The highest BCUT2D eigenvalue weighted by Gasteiger charge is 2.59. The third-order valence-electron chi connectivity index (χ3n) is 6.20. The minimum atomic E-state index is -1.12. The van der Waals surface area contributed by atoms with Gasteiger partial charge >= 0.3 is 0 Å². The summed E-state index contributed by atoms with van der Waals surface area (Å²) < 4.78 is 12.6. The van der Waals surface area contributed by atoms with Crippen LogP contribution in [-0.2, 0) is 4.79 Å². The highest BCUT2D eigenvalue weighted by molar-refractivity contribution is 7.80. The molecule has 3 aromatic rings. The molecule has 0 aliphatic carbocycles. The molecule has 174 valence electrons. The lowest BCUT2D eigenvalue weighted by Gasteiger charge is -2.56. The van der Waals surface area contributed by atoms with Crippen LogP contribution >= 0.6 is 23.8 Å². The lowest BCUT2D eigenvalue weighted by atomic mass is 9.78. The molecule has 2 heterocycles. The first kappa shape index (κ1) is 22.5. The van der Waals surface area contributed by atoms with Gasteiger partial charge in [0, 0.05) is 22.0 Å². The maximum absolute atomic E-state index is 13.8. The second kappa shape index (κ2) is 8.81. The molecule has 0 aromatic heterocycles. The van der Waals surface area contributed by atoms with Gasteiger partial charge < -0.3 is 20.1 Å².